The number of ether oxygens (including phenoxy) is 1. The molecule has 0 heterocycles. The number of carbonyl (C=O) groups is 1. The molecule has 1 aromatic rings. The third kappa shape index (κ3) is 2.55. The summed E-state index contributed by atoms with van der Waals surface area (Å²) in [6.07, 6.45) is 0.0141. The molecule has 14 heavy (non-hydrogen) atoms. The van der Waals surface area contributed by atoms with Gasteiger partial charge in [0.2, 0.25) is 0 Å². The minimum atomic E-state index is -0.506. The number of ketones is 1. The summed E-state index contributed by atoms with van der Waals surface area (Å²) in [5.41, 5.74) is 0.0724. The van der Waals surface area contributed by atoms with E-state index in [2.05, 4.69) is 0 Å². The SMILES string of the molecule is CC(=O)c1cc(OC(C)C)ccc1F. The molecule has 0 saturated carbocycles. The maximum atomic E-state index is 13.1. The van der Waals surface area contributed by atoms with E-state index in [9.17, 15) is 9.18 Å². The molecule has 0 aromatic heterocycles. The van der Waals surface area contributed by atoms with Gasteiger partial charge in [0.05, 0.1) is 11.7 Å². The average Bonchev–Trinajstić information content (AvgIpc) is 2.07. The van der Waals surface area contributed by atoms with E-state index in [0.717, 1.165) is 0 Å². The molecule has 0 unspecified atom stereocenters. The van der Waals surface area contributed by atoms with Gasteiger partial charge in [0.1, 0.15) is 11.6 Å². The van der Waals surface area contributed by atoms with E-state index < -0.39 is 5.82 Å². The van der Waals surface area contributed by atoms with Gasteiger partial charge in [-0.25, -0.2) is 4.39 Å². The number of hydrogen-bond acceptors (Lipinski definition) is 2. The third-order valence-electron chi connectivity index (χ3n) is 1.69. The summed E-state index contributed by atoms with van der Waals surface area (Å²) in [6.45, 7) is 5.07. The Morgan fingerprint density at radius 3 is 2.57 bits per heavy atom. The van der Waals surface area contributed by atoms with Crippen LogP contribution in [0.4, 0.5) is 4.39 Å². The Kier molecular flexibility index (Phi) is 3.23. The van der Waals surface area contributed by atoms with E-state index in [-0.39, 0.29) is 17.5 Å². The normalized spacial score (nSPS) is 10.4. The predicted molar refractivity (Wildman–Crippen MR) is 52.2 cm³/mol. The van der Waals surface area contributed by atoms with Crippen LogP contribution in [0.2, 0.25) is 0 Å². The van der Waals surface area contributed by atoms with Gasteiger partial charge in [-0.05, 0) is 39.0 Å². The zero-order valence-corrected chi connectivity index (χ0v) is 8.50. The Balaban J connectivity index is 3.00. The maximum absolute atomic E-state index is 13.1. The molecule has 0 spiro atoms. The van der Waals surface area contributed by atoms with Crippen molar-refractivity contribution in [3.63, 3.8) is 0 Å². The Morgan fingerprint density at radius 1 is 1.43 bits per heavy atom. The van der Waals surface area contributed by atoms with Crippen LogP contribution < -0.4 is 4.74 Å². The molecule has 1 aromatic carbocycles. The second-order valence-electron chi connectivity index (χ2n) is 3.36. The highest BCUT2D eigenvalue weighted by molar-refractivity contribution is 5.94. The molecule has 0 aliphatic heterocycles. The number of rotatable bonds is 3. The summed E-state index contributed by atoms with van der Waals surface area (Å²) in [4.78, 5) is 11.0. The number of Topliss-reactive ketones (excluding diaryl/α,β-unsaturated/α-hetero) is 1. The van der Waals surface area contributed by atoms with Gasteiger partial charge in [-0.15, -0.1) is 0 Å². The van der Waals surface area contributed by atoms with Crippen LogP contribution >= 0.6 is 0 Å². The van der Waals surface area contributed by atoms with Crippen LogP contribution in [0.15, 0.2) is 18.2 Å². The molecule has 0 atom stereocenters. The molecule has 0 N–H and O–H groups in total. The first-order valence-electron chi connectivity index (χ1n) is 4.48. The first-order valence-corrected chi connectivity index (χ1v) is 4.48. The molecule has 2 nitrogen and oxygen atoms in total. The topological polar surface area (TPSA) is 26.3 Å². The highest BCUT2D eigenvalue weighted by atomic mass is 19.1. The van der Waals surface area contributed by atoms with Crippen LogP contribution in [0, 0.1) is 5.82 Å². The predicted octanol–water partition coefficient (Wildman–Crippen LogP) is 2.82. The summed E-state index contributed by atoms with van der Waals surface area (Å²) in [5.74, 6) is -0.281. The van der Waals surface area contributed by atoms with Crippen LogP contribution in [0.5, 0.6) is 5.75 Å². The van der Waals surface area contributed by atoms with E-state index in [1.165, 1.54) is 25.1 Å². The average molecular weight is 196 g/mol. The number of benzene rings is 1. The fourth-order valence-corrected chi connectivity index (χ4v) is 1.12. The summed E-state index contributed by atoms with van der Waals surface area (Å²) >= 11 is 0. The molecular weight excluding hydrogens is 183 g/mol. The standard InChI is InChI=1S/C11H13FO2/c1-7(2)14-9-4-5-11(12)10(6-9)8(3)13/h4-7H,1-3H3. The van der Waals surface area contributed by atoms with Crippen molar-refractivity contribution in [2.75, 3.05) is 0 Å². The number of halogens is 1. The molecule has 0 fully saturated rings. The molecular formula is C11H13FO2. The van der Waals surface area contributed by atoms with E-state index >= 15 is 0 Å². The second kappa shape index (κ2) is 4.22. The third-order valence-corrected chi connectivity index (χ3v) is 1.69. The van der Waals surface area contributed by atoms with Crippen LogP contribution in [-0.2, 0) is 0 Å². The van der Waals surface area contributed by atoms with Crippen molar-refractivity contribution < 1.29 is 13.9 Å². The molecule has 0 aliphatic rings. The molecule has 76 valence electrons. The Morgan fingerprint density at radius 2 is 2.07 bits per heavy atom. The molecule has 0 radical (unpaired) electrons. The van der Waals surface area contributed by atoms with Crippen molar-refractivity contribution in [2.45, 2.75) is 26.9 Å². The monoisotopic (exact) mass is 196 g/mol. The Labute approximate surface area is 82.7 Å². The van der Waals surface area contributed by atoms with Crippen LogP contribution in [0.25, 0.3) is 0 Å². The summed E-state index contributed by atoms with van der Waals surface area (Å²) in [7, 11) is 0. The number of hydrogen-bond donors (Lipinski definition) is 0. The van der Waals surface area contributed by atoms with Gasteiger partial charge in [-0.2, -0.15) is 0 Å². The highest BCUT2D eigenvalue weighted by Crippen LogP contribution is 2.18. The van der Waals surface area contributed by atoms with Crippen molar-refractivity contribution in [1.29, 1.82) is 0 Å². The molecule has 3 heteroatoms. The van der Waals surface area contributed by atoms with E-state index in [0.29, 0.717) is 5.75 Å². The molecule has 0 aliphatic carbocycles. The minimum Gasteiger partial charge on any atom is -0.491 e. The molecule has 0 bridgehead atoms. The highest BCUT2D eigenvalue weighted by Gasteiger charge is 2.09. The molecule has 0 amide bonds. The lowest BCUT2D eigenvalue weighted by molar-refractivity contribution is 0.101. The van der Waals surface area contributed by atoms with Crippen molar-refractivity contribution in [2.24, 2.45) is 0 Å². The van der Waals surface area contributed by atoms with Crippen LogP contribution in [-0.4, -0.2) is 11.9 Å². The fraction of sp³-hybridized carbons (Fsp3) is 0.364. The smallest absolute Gasteiger partial charge is 0.162 e. The summed E-state index contributed by atoms with van der Waals surface area (Å²) in [6, 6.07) is 4.19. The number of carbonyl (C=O) groups excluding carboxylic acids is 1. The van der Waals surface area contributed by atoms with E-state index in [1.807, 2.05) is 13.8 Å². The van der Waals surface area contributed by atoms with Crippen molar-refractivity contribution >= 4 is 5.78 Å². The first kappa shape index (κ1) is 10.7. The summed E-state index contributed by atoms with van der Waals surface area (Å²) in [5, 5.41) is 0. The minimum absolute atomic E-state index is 0.0141. The lowest BCUT2D eigenvalue weighted by atomic mass is 10.1. The van der Waals surface area contributed by atoms with Crippen LogP contribution in [0.3, 0.4) is 0 Å². The maximum Gasteiger partial charge on any atom is 0.162 e. The Bertz CT molecular complexity index is 345. The quantitative estimate of drug-likeness (QED) is 0.695. The zero-order valence-electron chi connectivity index (χ0n) is 8.50. The van der Waals surface area contributed by atoms with Gasteiger partial charge in [-0.1, -0.05) is 0 Å². The van der Waals surface area contributed by atoms with Gasteiger partial charge in [0.25, 0.3) is 0 Å². The fourth-order valence-electron chi connectivity index (χ4n) is 1.12. The second-order valence-corrected chi connectivity index (χ2v) is 3.36. The van der Waals surface area contributed by atoms with Crippen LogP contribution in [0.1, 0.15) is 31.1 Å². The summed E-state index contributed by atoms with van der Waals surface area (Å²) < 4.78 is 18.4. The largest absolute Gasteiger partial charge is 0.491 e. The van der Waals surface area contributed by atoms with Crippen molar-refractivity contribution in [3.8, 4) is 5.75 Å². The Hall–Kier alpha value is -1.38. The lowest BCUT2D eigenvalue weighted by Gasteiger charge is -2.10. The van der Waals surface area contributed by atoms with Gasteiger partial charge < -0.3 is 4.74 Å². The van der Waals surface area contributed by atoms with Crippen molar-refractivity contribution in [3.05, 3.63) is 29.6 Å². The van der Waals surface area contributed by atoms with Gasteiger partial charge in [0.15, 0.2) is 5.78 Å². The van der Waals surface area contributed by atoms with Gasteiger partial charge in [-0.3, -0.25) is 4.79 Å². The van der Waals surface area contributed by atoms with Gasteiger partial charge in [0, 0.05) is 0 Å². The van der Waals surface area contributed by atoms with E-state index in [4.69, 9.17) is 4.74 Å². The van der Waals surface area contributed by atoms with Gasteiger partial charge >= 0.3 is 0 Å². The molecule has 0 saturated heterocycles. The molecule has 1 rings (SSSR count). The lowest BCUT2D eigenvalue weighted by Crippen LogP contribution is -2.07. The van der Waals surface area contributed by atoms with Crippen molar-refractivity contribution in [1.82, 2.24) is 0 Å². The first-order chi connectivity index (χ1) is 6.50. The van der Waals surface area contributed by atoms with E-state index in [1.54, 1.807) is 0 Å². The zero-order chi connectivity index (χ0) is 10.7.